The minimum atomic E-state index is -0.471. The van der Waals surface area contributed by atoms with Gasteiger partial charge in [0.1, 0.15) is 0 Å². The second-order valence-electron chi connectivity index (χ2n) is 5.92. The topological polar surface area (TPSA) is 64.1 Å². The number of aromatic nitrogens is 2. The average molecular weight is 265 g/mol. The molecule has 1 aliphatic rings. The number of aliphatic hydroxyl groups is 1. The van der Waals surface area contributed by atoms with E-state index in [0.29, 0.717) is 6.54 Å². The van der Waals surface area contributed by atoms with Crippen molar-refractivity contribution in [3.63, 3.8) is 0 Å². The van der Waals surface area contributed by atoms with Gasteiger partial charge in [-0.05, 0) is 19.3 Å². The molecular weight excluding hydrogens is 238 g/mol. The van der Waals surface area contributed by atoms with Crippen molar-refractivity contribution < 1.29 is 5.11 Å². The lowest BCUT2D eigenvalue weighted by Crippen LogP contribution is -2.36. The minimum Gasteiger partial charge on any atom is -0.388 e. The van der Waals surface area contributed by atoms with E-state index in [1.165, 1.54) is 25.7 Å². The Morgan fingerprint density at radius 1 is 1.37 bits per heavy atom. The SMILES string of the molecule is CCCn1cc(C(O)C2(CN)CCCCCC2)cn1. The fourth-order valence-electron chi connectivity index (χ4n) is 3.25. The van der Waals surface area contributed by atoms with Gasteiger partial charge in [0.2, 0.25) is 0 Å². The molecule has 4 heteroatoms. The summed E-state index contributed by atoms with van der Waals surface area (Å²) in [6.07, 6.45) is 11.3. The standard InChI is InChI=1S/C15H27N3O/c1-2-9-18-11-13(10-17-18)14(19)15(12-16)7-5-3-4-6-8-15/h10-11,14,19H,2-9,12,16H2,1H3. The lowest BCUT2D eigenvalue weighted by atomic mass is 9.73. The zero-order valence-electron chi connectivity index (χ0n) is 12.0. The Labute approximate surface area is 116 Å². The summed E-state index contributed by atoms with van der Waals surface area (Å²) in [7, 11) is 0. The number of aryl methyl sites for hydroxylation is 1. The summed E-state index contributed by atoms with van der Waals surface area (Å²) in [6, 6.07) is 0. The lowest BCUT2D eigenvalue weighted by molar-refractivity contribution is 0.0166. The third kappa shape index (κ3) is 3.18. The molecule has 1 aromatic heterocycles. The predicted molar refractivity (Wildman–Crippen MR) is 76.7 cm³/mol. The normalized spacial score (nSPS) is 21.0. The molecule has 1 aromatic rings. The van der Waals surface area contributed by atoms with Gasteiger partial charge in [0.15, 0.2) is 0 Å². The van der Waals surface area contributed by atoms with Crippen molar-refractivity contribution in [3.05, 3.63) is 18.0 Å². The van der Waals surface area contributed by atoms with Gasteiger partial charge in [-0.1, -0.05) is 32.6 Å². The second-order valence-corrected chi connectivity index (χ2v) is 5.92. The molecule has 0 spiro atoms. The fourth-order valence-corrected chi connectivity index (χ4v) is 3.25. The highest BCUT2D eigenvalue weighted by Crippen LogP contribution is 2.44. The van der Waals surface area contributed by atoms with Crippen LogP contribution in [0.15, 0.2) is 12.4 Å². The molecule has 0 radical (unpaired) electrons. The molecule has 1 atom stereocenters. The van der Waals surface area contributed by atoms with Gasteiger partial charge in [-0.3, -0.25) is 4.68 Å². The van der Waals surface area contributed by atoms with Gasteiger partial charge in [0.05, 0.1) is 12.3 Å². The van der Waals surface area contributed by atoms with E-state index < -0.39 is 6.10 Å². The smallest absolute Gasteiger partial charge is 0.0888 e. The van der Waals surface area contributed by atoms with Crippen LogP contribution in [-0.2, 0) is 6.54 Å². The predicted octanol–water partition coefficient (Wildman–Crippen LogP) is 2.63. The largest absolute Gasteiger partial charge is 0.388 e. The van der Waals surface area contributed by atoms with E-state index in [0.717, 1.165) is 31.4 Å². The van der Waals surface area contributed by atoms with Crippen LogP contribution in [0, 0.1) is 5.41 Å². The van der Waals surface area contributed by atoms with Gasteiger partial charge in [0, 0.05) is 30.3 Å². The monoisotopic (exact) mass is 265 g/mol. The number of nitrogens with zero attached hydrogens (tertiary/aromatic N) is 2. The first-order chi connectivity index (χ1) is 9.22. The van der Waals surface area contributed by atoms with Crippen molar-refractivity contribution in [1.82, 2.24) is 9.78 Å². The zero-order valence-corrected chi connectivity index (χ0v) is 12.0. The molecule has 4 nitrogen and oxygen atoms in total. The third-order valence-electron chi connectivity index (χ3n) is 4.51. The molecule has 1 heterocycles. The molecule has 0 aliphatic heterocycles. The number of hydrogen-bond donors (Lipinski definition) is 2. The molecule has 19 heavy (non-hydrogen) atoms. The summed E-state index contributed by atoms with van der Waals surface area (Å²) in [6.45, 7) is 3.60. The Morgan fingerprint density at radius 3 is 2.63 bits per heavy atom. The summed E-state index contributed by atoms with van der Waals surface area (Å²) >= 11 is 0. The first kappa shape index (κ1) is 14.5. The summed E-state index contributed by atoms with van der Waals surface area (Å²) in [5.74, 6) is 0. The van der Waals surface area contributed by atoms with Crippen LogP contribution < -0.4 is 5.73 Å². The van der Waals surface area contributed by atoms with Crippen LogP contribution in [0.25, 0.3) is 0 Å². The number of aliphatic hydroxyl groups excluding tert-OH is 1. The van der Waals surface area contributed by atoms with E-state index in [1.54, 1.807) is 0 Å². The second kappa shape index (κ2) is 6.53. The molecule has 0 bridgehead atoms. The Bertz CT molecular complexity index is 380. The summed E-state index contributed by atoms with van der Waals surface area (Å²) in [5, 5.41) is 15.1. The van der Waals surface area contributed by atoms with Crippen molar-refractivity contribution in [2.24, 2.45) is 11.1 Å². The van der Waals surface area contributed by atoms with E-state index in [-0.39, 0.29) is 5.41 Å². The number of rotatable bonds is 5. The molecule has 1 fully saturated rings. The van der Waals surface area contributed by atoms with Crippen LogP contribution >= 0.6 is 0 Å². The third-order valence-corrected chi connectivity index (χ3v) is 4.51. The Morgan fingerprint density at radius 2 is 2.05 bits per heavy atom. The van der Waals surface area contributed by atoms with E-state index in [1.807, 2.05) is 17.1 Å². The van der Waals surface area contributed by atoms with Crippen molar-refractivity contribution in [1.29, 1.82) is 0 Å². The molecule has 0 aromatic carbocycles. The number of hydrogen-bond acceptors (Lipinski definition) is 3. The highest BCUT2D eigenvalue weighted by atomic mass is 16.3. The van der Waals surface area contributed by atoms with Crippen LogP contribution in [0.3, 0.4) is 0 Å². The molecule has 1 saturated carbocycles. The summed E-state index contributed by atoms with van der Waals surface area (Å²) < 4.78 is 1.92. The van der Waals surface area contributed by atoms with E-state index in [9.17, 15) is 5.11 Å². The molecule has 1 aliphatic carbocycles. The van der Waals surface area contributed by atoms with Crippen LogP contribution in [0.5, 0.6) is 0 Å². The molecule has 2 rings (SSSR count). The van der Waals surface area contributed by atoms with Gasteiger partial charge in [-0.2, -0.15) is 5.10 Å². The first-order valence-corrected chi connectivity index (χ1v) is 7.62. The quantitative estimate of drug-likeness (QED) is 0.804. The van der Waals surface area contributed by atoms with Gasteiger partial charge < -0.3 is 10.8 Å². The summed E-state index contributed by atoms with van der Waals surface area (Å²) in [4.78, 5) is 0. The highest BCUT2D eigenvalue weighted by Gasteiger charge is 2.38. The van der Waals surface area contributed by atoms with Crippen LogP contribution in [-0.4, -0.2) is 21.4 Å². The molecule has 1 unspecified atom stereocenters. The number of nitrogens with two attached hydrogens (primary N) is 1. The van der Waals surface area contributed by atoms with Crippen molar-refractivity contribution in [2.45, 2.75) is 64.5 Å². The van der Waals surface area contributed by atoms with Crippen LogP contribution in [0.1, 0.15) is 63.5 Å². The molecule has 108 valence electrons. The minimum absolute atomic E-state index is 0.142. The molecular formula is C15H27N3O. The van der Waals surface area contributed by atoms with Crippen LogP contribution in [0.2, 0.25) is 0 Å². The van der Waals surface area contributed by atoms with Gasteiger partial charge in [-0.25, -0.2) is 0 Å². The van der Waals surface area contributed by atoms with E-state index in [4.69, 9.17) is 5.73 Å². The molecule has 0 amide bonds. The molecule has 0 saturated heterocycles. The lowest BCUT2D eigenvalue weighted by Gasteiger charge is -2.36. The van der Waals surface area contributed by atoms with Crippen molar-refractivity contribution in [2.75, 3.05) is 6.54 Å². The van der Waals surface area contributed by atoms with E-state index in [2.05, 4.69) is 12.0 Å². The van der Waals surface area contributed by atoms with Crippen LogP contribution in [0.4, 0.5) is 0 Å². The average Bonchev–Trinajstić information content (AvgIpc) is 2.75. The van der Waals surface area contributed by atoms with Crippen molar-refractivity contribution in [3.8, 4) is 0 Å². The highest BCUT2D eigenvalue weighted by molar-refractivity contribution is 5.13. The maximum Gasteiger partial charge on any atom is 0.0888 e. The molecule has 3 N–H and O–H groups in total. The van der Waals surface area contributed by atoms with Gasteiger partial charge >= 0.3 is 0 Å². The Hall–Kier alpha value is -0.870. The maximum absolute atomic E-state index is 10.8. The van der Waals surface area contributed by atoms with Gasteiger partial charge in [0.25, 0.3) is 0 Å². The fraction of sp³-hybridized carbons (Fsp3) is 0.800. The Kier molecular flexibility index (Phi) is 4.99. The van der Waals surface area contributed by atoms with Crippen molar-refractivity contribution >= 4 is 0 Å². The zero-order chi connectivity index (χ0) is 13.7. The van der Waals surface area contributed by atoms with Gasteiger partial charge in [-0.15, -0.1) is 0 Å². The summed E-state index contributed by atoms with van der Waals surface area (Å²) in [5.41, 5.74) is 6.81. The van der Waals surface area contributed by atoms with E-state index >= 15 is 0 Å². The Balaban J connectivity index is 2.15. The first-order valence-electron chi connectivity index (χ1n) is 7.62. The maximum atomic E-state index is 10.8.